The molecule has 0 aliphatic carbocycles. The zero-order chi connectivity index (χ0) is 15.8. The zero-order valence-electron chi connectivity index (χ0n) is 13.0. The molecule has 1 aromatic carbocycles. The van der Waals surface area contributed by atoms with Crippen molar-refractivity contribution in [2.45, 2.75) is 25.3 Å². The Bertz CT molecular complexity index is 784. The van der Waals surface area contributed by atoms with E-state index in [2.05, 4.69) is 15.1 Å². The number of amides is 1. The number of benzene rings is 1. The molecule has 6 nitrogen and oxygen atoms in total. The Kier molecular flexibility index (Phi) is 3.37. The van der Waals surface area contributed by atoms with Crippen molar-refractivity contribution in [3.8, 4) is 0 Å². The number of para-hydroxylation sites is 2. The fourth-order valence-corrected chi connectivity index (χ4v) is 3.15. The normalized spacial score (nSPS) is 16.5. The van der Waals surface area contributed by atoms with Crippen molar-refractivity contribution >= 4 is 16.9 Å². The first-order valence-corrected chi connectivity index (χ1v) is 7.99. The van der Waals surface area contributed by atoms with Crippen molar-refractivity contribution in [2.75, 3.05) is 13.1 Å². The summed E-state index contributed by atoms with van der Waals surface area (Å²) in [6.07, 6.45) is 4.30. The van der Waals surface area contributed by atoms with Crippen LogP contribution in [0.5, 0.6) is 0 Å². The minimum atomic E-state index is -0.207. The second-order valence-corrected chi connectivity index (χ2v) is 5.99. The number of imidazole rings is 1. The highest BCUT2D eigenvalue weighted by atomic mass is 16.2. The first kappa shape index (κ1) is 14.0. The molecule has 0 radical (unpaired) electrons. The van der Waals surface area contributed by atoms with Gasteiger partial charge in [0.05, 0.1) is 17.0 Å². The molecule has 1 aliphatic rings. The van der Waals surface area contributed by atoms with Crippen molar-refractivity contribution in [1.82, 2.24) is 24.6 Å². The van der Waals surface area contributed by atoms with E-state index in [1.54, 1.807) is 10.9 Å². The number of likely N-dealkylation sites (tertiary alicyclic amines) is 1. The van der Waals surface area contributed by atoms with Gasteiger partial charge in [0.25, 0.3) is 0 Å². The molecule has 1 atom stereocenters. The molecule has 1 amide bonds. The molecule has 0 bridgehead atoms. The summed E-state index contributed by atoms with van der Waals surface area (Å²) in [5.41, 5.74) is 2.03. The first-order valence-electron chi connectivity index (χ1n) is 7.99. The molecule has 1 saturated heterocycles. The number of carbonyl (C=O) groups excluding carboxylic acids is 1. The SMILES string of the molecule is CC[C@H](C(=O)N1CC(c2nc3ccccc3[nH]2)C1)n1cccn1. The molecule has 4 rings (SSSR count). The average Bonchev–Trinajstić information content (AvgIpc) is 3.15. The van der Waals surface area contributed by atoms with Crippen LogP contribution in [0.15, 0.2) is 42.7 Å². The van der Waals surface area contributed by atoms with Gasteiger partial charge in [0, 0.05) is 25.5 Å². The number of carbonyl (C=O) groups is 1. The largest absolute Gasteiger partial charge is 0.342 e. The molecule has 1 fully saturated rings. The lowest BCUT2D eigenvalue weighted by Gasteiger charge is -2.40. The fourth-order valence-electron chi connectivity index (χ4n) is 3.15. The van der Waals surface area contributed by atoms with Crippen LogP contribution < -0.4 is 0 Å². The molecule has 6 heteroatoms. The lowest BCUT2D eigenvalue weighted by Crippen LogP contribution is -2.51. The van der Waals surface area contributed by atoms with Gasteiger partial charge in [-0.1, -0.05) is 19.1 Å². The highest BCUT2D eigenvalue weighted by molar-refractivity contribution is 5.81. The van der Waals surface area contributed by atoms with Crippen molar-refractivity contribution < 1.29 is 4.79 Å². The van der Waals surface area contributed by atoms with E-state index in [1.807, 2.05) is 48.4 Å². The van der Waals surface area contributed by atoms with E-state index in [0.29, 0.717) is 5.92 Å². The molecule has 3 aromatic rings. The number of aromatic amines is 1. The molecule has 23 heavy (non-hydrogen) atoms. The van der Waals surface area contributed by atoms with Gasteiger partial charge in [-0.15, -0.1) is 0 Å². The predicted molar refractivity (Wildman–Crippen MR) is 87.0 cm³/mol. The summed E-state index contributed by atoms with van der Waals surface area (Å²) in [7, 11) is 0. The predicted octanol–water partition coefficient (Wildman–Crippen LogP) is 2.34. The Hall–Kier alpha value is -2.63. The van der Waals surface area contributed by atoms with Crippen LogP contribution in [0.2, 0.25) is 0 Å². The van der Waals surface area contributed by atoms with E-state index in [0.717, 1.165) is 36.4 Å². The summed E-state index contributed by atoms with van der Waals surface area (Å²) in [6.45, 7) is 3.45. The van der Waals surface area contributed by atoms with E-state index >= 15 is 0 Å². The smallest absolute Gasteiger partial charge is 0.247 e. The van der Waals surface area contributed by atoms with Crippen LogP contribution >= 0.6 is 0 Å². The van der Waals surface area contributed by atoms with Crippen LogP contribution in [0.4, 0.5) is 0 Å². The summed E-state index contributed by atoms with van der Waals surface area (Å²) in [4.78, 5) is 22.5. The van der Waals surface area contributed by atoms with Crippen LogP contribution in [-0.2, 0) is 4.79 Å². The van der Waals surface area contributed by atoms with Crippen LogP contribution in [-0.4, -0.2) is 43.6 Å². The number of H-pyrrole nitrogens is 1. The highest BCUT2D eigenvalue weighted by Crippen LogP contribution is 2.29. The van der Waals surface area contributed by atoms with Gasteiger partial charge in [-0.25, -0.2) is 4.98 Å². The van der Waals surface area contributed by atoms with Crippen molar-refractivity contribution in [2.24, 2.45) is 0 Å². The second kappa shape index (κ2) is 5.53. The number of rotatable bonds is 4. The quantitative estimate of drug-likeness (QED) is 0.804. The molecule has 0 saturated carbocycles. The molecule has 3 heterocycles. The lowest BCUT2D eigenvalue weighted by molar-refractivity contribution is -0.139. The minimum Gasteiger partial charge on any atom is -0.342 e. The van der Waals surface area contributed by atoms with Crippen molar-refractivity contribution in [1.29, 1.82) is 0 Å². The Labute approximate surface area is 134 Å². The van der Waals surface area contributed by atoms with Crippen LogP contribution in [0.25, 0.3) is 11.0 Å². The van der Waals surface area contributed by atoms with Crippen LogP contribution in [0.3, 0.4) is 0 Å². The van der Waals surface area contributed by atoms with Crippen molar-refractivity contribution in [3.63, 3.8) is 0 Å². The molecule has 0 spiro atoms. The van der Waals surface area contributed by atoms with E-state index < -0.39 is 0 Å². The molecule has 2 aromatic heterocycles. The second-order valence-electron chi connectivity index (χ2n) is 5.99. The summed E-state index contributed by atoms with van der Waals surface area (Å²) in [6, 6.07) is 9.65. The Morgan fingerprint density at radius 2 is 2.17 bits per heavy atom. The standard InChI is InChI=1S/C17H19N5O/c1-2-15(22-9-5-8-18-22)17(23)21-10-12(11-21)16-19-13-6-3-4-7-14(13)20-16/h3-9,12,15H,2,10-11H2,1H3,(H,19,20)/t15-/m1/s1. The number of hydrogen-bond donors (Lipinski definition) is 1. The first-order chi connectivity index (χ1) is 11.3. The van der Waals surface area contributed by atoms with E-state index in [-0.39, 0.29) is 11.9 Å². The highest BCUT2D eigenvalue weighted by Gasteiger charge is 2.36. The Balaban J connectivity index is 1.45. The summed E-state index contributed by atoms with van der Waals surface area (Å²) in [5, 5.41) is 4.21. The molecular weight excluding hydrogens is 290 g/mol. The Morgan fingerprint density at radius 3 is 2.87 bits per heavy atom. The van der Waals surface area contributed by atoms with Gasteiger partial charge in [-0.3, -0.25) is 9.48 Å². The summed E-state index contributed by atoms with van der Waals surface area (Å²) in [5.74, 6) is 1.41. The van der Waals surface area contributed by atoms with Gasteiger partial charge in [-0.05, 0) is 24.6 Å². The fraction of sp³-hybridized carbons (Fsp3) is 0.353. The van der Waals surface area contributed by atoms with Gasteiger partial charge < -0.3 is 9.88 Å². The minimum absolute atomic E-state index is 0.142. The van der Waals surface area contributed by atoms with E-state index in [1.165, 1.54) is 0 Å². The topological polar surface area (TPSA) is 66.8 Å². The molecular formula is C17H19N5O. The van der Waals surface area contributed by atoms with Gasteiger partial charge in [-0.2, -0.15) is 5.10 Å². The zero-order valence-corrected chi connectivity index (χ0v) is 13.0. The number of fused-ring (bicyclic) bond motifs is 1. The third kappa shape index (κ3) is 2.40. The van der Waals surface area contributed by atoms with E-state index in [9.17, 15) is 4.79 Å². The van der Waals surface area contributed by atoms with Crippen LogP contribution in [0, 0.1) is 0 Å². The maximum atomic E-state index is 12.6. The monoisotopic (exact) mass is 309 g/mol. The van der Waals surface area contributed by atoms with Gasteiger partial charge in [0.2, 0.25) is 5.91 Å². The summed E-state index contributed by atoms with van der Waals surface area (Å²) < 4.78 is 1.75. The third-order valence-electron chi connectivity index (χ3n) is 4.50. The van der Waals surface area contributed by atoms with Crippen molar-refractivity contribution in [3.05, 3.63) is 48.5 Å². The average molecular weight is 309 g/mol. The third-order valence-corrected chi connectivity index (χ3v) is 4.50. The maximum Gasteiger partial charge on any atom is 0.247 e. The maximum absolute atomic E-state index is 12.6. The van der Waals surface area contributed by atoms with Gasteiger partial charge >= 0.3 is 0 Å². The van der Waals surface area contributed by atoms with E-state index in [4.69, 9.17) is 0 Å². The van der Waals surface area contributed by atoms with Crippen LogP contribution in [0.1, 0.15) is 31.1 Å². The lowest BCUT2D eigenvalue weighted by atomic mass is 9.98. The molecule has 1 aliphatic heterocycles. The molecule has 118 valence electrons. The molecule has 1 N–H and O–H groups in total. The van der Waals surface area contributed by atoms with Gasteiger partial charge in [0.1, 0.15) is 11.9 Å². The van der Waals surface area contributed by atoms with Gasteiger partial charge in [0.15, 0.2) is 0 Å². The summed E-state index contributed by atoms with van der Waals surface area (Å²) >= 11 is 0. The number of hydrogen-bond acceptors (Lipinski definition) is 3. The number of aromatic nitrogens is 4. The number of nitrogens with zero attached hydrogens (tertiary/aromatic N) is 4. The Morgan fingerprint density at radius 1 is 1.35 bits per heavy atom. The number of nitrogens with one attached hydrogen (secondary N) is 1. The molecule has 0 unspecified atom stereocenters.